The Bertz CT molecular complexity index is 502. The number of hydrogen-bond acceptors (Lipinski definition) is 2. The van der Waals surface area contributed by atoms with E-state index in [4.69, 9.17) is 5.11 Å². The van der Waals surface area contributed by atoms with Gasteiger partial charge in [-0.2, -0.15) is 0 Å². The van der Waals surface area contributed by atoms with Crippen LogP contribution >= 0.6 is 0 Å². The van der Waals surface area contributed by atoms with E-state index < -0.39 is 5.97 Å². The van der Waals surface area contributed by atoms with E-state index in [1.165, 1.54) is 4.90 Å². The van der Waals surface area contributed by atoms with Gasteiger partial charge in [-0.15, -0.1) is 0 Å². The van der Waals surface area contributed by atoms with Gasteiger partial charge in [0.1, 0.15) is 6.54 Å². The molecule has 0 fully saturated rings. The number of aryl methyl sites for hydroxylation is 1. The summed E-state index contributed by atoms with van der Waals surface area (Å²) in [5.41, 5.74) is 1.82. The van der Waals surface area contributed by atoms with E-state index in [9.17, 15) is 9.59 Å². The molecule has 5 heteroatoms. The molecule has 5 nitrogen and oxygen atoms in total. The number of nitrogens with zero attached hydrogens (tertiary/aromatic N) is 2. The minimum atomic E-state index is -0.996. The molecular formula is C16H24N2O3. The predicted octanol–water partition coefficient (Wildman–Crippen LogP) is 3.13. The largest absolute Gasteiger partial charge is 0.480 e. The van der Waals surface area contributed by atoms with Gasteiger partial charge in [-0.1, -0.05) is 25.1 Å². The van der Waals surface area contributed by atoms with Gasteiger partial charge in [-0.05, 0) is 38.8 Å². The van der Waals surface area contributed by atoms with E-state index in [0.717, 1.165) is 11.3 Å². The molecule has 1 rings (SSSR count). The predicted molar refractivity (Wildman–Crippen MR) is 83.7 cm³/mol. The van der Waals surface area contributed by atoms with Crippen molar-refractivity contribution in [1.82, 2.24) is 4.90 Å². The van der Waals surface area contributed by atoms with E-state index in [1.807, 2.05) is 52.0 Å². The molecule has 1 aromatic rings. The Morgan fingerprint density at radius 1 is 1.24 bits per heavy atom. The number of para-hydroxylation sites is 1. The Morgan fingerprint density at radius 3 is 2.33 bits per heavy atom. The monoisotopic (exact) mass is 292 g/mol. The van der Waals surface area contributed by atoms with Crippen LogP contribution < -0.4 is 4.90 Å². The number of aliphatic carboxylic acids is 1. The Hall–Kier alpha value is -2.04. The molecule has 1 atom stereocenters. The zero-order valence-electron chi connectivity index (χ0n) is 13.2. The number of anilines is 1. The fraction of sp³-hybridized carbons (Fsp3) is 0.500. The summed E-state index contributed by atoms with van der Waals surface area (Å²) in [7, 11) is 0. The van der Waals surface area contributed by atoms with Crippen molar-refractivity contribution in [2.24, 2.45) is 0 Å². The van der Waals surface area contributed by atoms with Crippen LogP contribution in [0.4, 0.5) is 10.5 Å². The molecule has 1 N–H and O–H groups in total. The molecular weight excluding hydrogens is 268 g/mol. The third kappa shape index (κ3) is 4.21. The van der Waals surface area contributed by atoms with E-state index in [2.05, 4.69) is 0 Å². The highest BCUT2D eigenvalue weighted by molar-refractivity contribution is 5.94. The van der Waals surface area contributed by atoms with Crippen LogP contribution in [-0.4, -0.2) is 41.1 Å². The number of carboxylic acids is 1. The molecule has 0 aliphatic carbocycles. The number of rotatable bonds is 6. The maximum absolute atomic E-state index is 12.8. The summed E-state index contributed by atoms with van der Waals surface area (Å²) >= 11 is 0. The fourth-order valence-electron chi connectivity index (χ4n) is 2.21. The van der Waals surface area contributed by atoms with Gasteiger partial charge in [0, 0.05) is 18.3 Å². The van der Waals surface area contributed by atoms with Crippen LogP contribution in [-0.2, 0) is 4.79 Å². The first kappa shape index (κ1) is 17.0. The van der Waals surface area contributed by atoms with Gasteiger partial charge in [0.25, 0.3) is 0 Å². The lowest BCUT2D eigenvalue weighted by Gasteiger charge is -2.33. The lowest BCUT2D eigenvalue weighted by molar-refractivity contribution is -0.138. The average molecular weight is 292 g/mol. The maximum Gasteiger partial charge on any atom is 0.325 e. The van der Waals surface area contributed by atoms with Crippen LogP contribution in [0.3, 0.4) is 0 Å². The highest BCUT2D eigenvalue weighted by Crippen LogP contribution is 2.21. The van der Waals surface area contributed by atoms with E-state index >= 15 is 0 Å². The molecule has 116 valence electrons. The Balaban J connectivity index is 3.09. The van der Waals surface area contributed by atoms with Gasteiger partial charge < -0.3 is 10.0 Å². The molecule has 0 heterocycles. The summed E-state index contributed by atoms with van der Waals surface area (Å²) in [6, 6.07) is 7.24. The maximum atomic E-state index is 12.8. The van der Waals surface area contributed by atoms with Gasteiger partial charge in [-0.3, -0.25) is 9.69 Å². The van der Waals surface area contributed by atoms with Gasteiger partial charge in [0.15, 0.2) is 0 Å². The number of carbonyl (C=O) groups is 2. The minimum absolute atomic E-state index is 0.119. The van der Waals surface area contributed by atoms with Gasteiger partial charge >= 0.3 is 12.0 Å². The lowest BCUT2D eigenvalue weighted by atomic mass is 10.1. The van der Waals surface area contributed by atoms with Crippen molar-refractivity contribution in [3.8, 4) is 0 Å². The molecule has 0 bridgehead atoms. The molecule has 0 aliphatic heterocycles. The van der Waals surface area contributed by atoms with Crippen LogP contribution in [0.2, 0.25) is 0 Å². The second kappa shape index (κ2) is 7.67. The number of carbonyl (C=O) groups excluding carboxylic acids is 1. The van der Waals surface area contributed by atoms with E-state index in [0.29, 0.717) is 13.0 Å². The zero-order valence-corrected chi connectivity index (χ0v) is 13.2. The quantitative estimate of drug-likeness (QED) is 0.876. The Kier molecular flexibility index (Phi) is 6.21. The summed E-state index contributed by atoms with van der Waals surface area (Å²) < 4.78 is 0. The molecule has 1 unspecified atom stereocenters. The number of carboxylic acid groups (broad SMARTS) is 1. The molecule has 21 heavy (non-hydrogen) atoms. The SMILES string of the molecule is CCC(C)N(CC(=O)O)C(=O)N(CC)c1ccccc1C. The molecule has 0 radical (unpaired) electrons. The molecule has 0 aromatic heterocycles. The summed E-state index contributed by atoms with van der Waals surface area (Å²) in [5, 5.41) is 9.04. The van der Waals surface area contributed by atoms with Gasteiger partial charge in [0.05, 0.1) is 0 Å². The smallest absolute Gasteiger partial charge is 0.325 e. The molecule has 1 aromatic carbocycles. The fourth-order valence-corrected chi connectivity index (χ4v) is 2.21. The molecule has 0 spiro atoms. The van der Waals surface area contributed by atoms with Crippen LogP contribution in [0.15, 0.2) is 24.3 Å². The van der Waals surface area contributed by atoms with Crippen molar-refractivity contribution in [2.45, 2.75) is 40.2 Å². The standard InChI is InChI=1S/C16H24N2O3/c1-5-13(4)18(11-15(19)20)16(21)17(6-2)14-10-8-7-9-12(14)3/h7-10,13H,5-6,11H2,1-4H3,(H,19,20). The minimum Gasteiger partial charge on any atom is -0.480 e. The van der Waals surface area contributed by atoms with Crippen LogP contribution in [0.5, 0.6) is 0 Å². The summed E-state index contributed by atoms with van der Waals surface area (Å²) in [4.78, 5) is 26.8. The summed E-state index contributed by atoms with van der Waals surface area (Å²) in [5.74, 6) is -0.996. The molecule has 0 saturated heterocycles. The lowest BCUT2D eigenvalue weighted by Crippen LogP contribution is -2.49. The Labute approximate surface area is 126 Å². The van der Waals surface area contributed by atoms with Crippen LogP contribution in [0, 0.1) is 6.92 Å². The topological polar surface area (TPSA) is 60.9 Å². The normalized spacial score (nSPS) is 11.8. The second-order valence-corrected chi connectivity index (χ2v) is 5.09. The van der Waals surface area contributed by atoms with Crippen molar-refractivity contribution in [3.63, 3.8) is 0 Å². The first-order valence-electron chi connectivity index (χ1n) is 7.27. The number of hydrogen-bond donors (Lipinski definition) is 1. The van der Waals surface area contributed by atoms with E-state index in [1.54, 1.807) is 4.90 Å². The van der Waals surface area contributed by atoms with Crippen molar-refractivity contribution in [2.75, 3.05) is 18.0 Å². The molecule has 0 aliphatic rings. The summed E-state index contributed by atoms with van der Waals surface area (Å²) in [6.45, 7) is 7.85. The number of amides is 2. The number of benzene rings is 1. The van der Waals surface area contributed by atoms with Crippen molar-refractivity contribution < 1.29 is 14.7 Å². The van der Waals surface area contributed by atoms with Crippen molar-refractivity contribution >= 4 is 17.7 Å². The molecule has 2 amide bonds. The van der Waals surface area contributed by atoms with Crippen molar-refractivity contribution in [1.29, 1.82) is 0 Å². The second-order valence-electron chi connectivity index (χ2n) is 5.09. The first-order chi connectivity index (χ1) is 9.92. The zero-order chi connectivity index (χ0) is 16.0. The number of urea groups is 1. The van der Waals surface area contributed by atoms with Crippen molar-refractivity contribution in [3.05, 3.63) is 29.8 Å². The average Bonchev–Trinajstić information content (AvgIpc) is 2.46. The summed E-state index contributed by atoms with van der Waals surface area (Å²) in [6.07, 6.45) is 0.713. The van der Waals surface area contributed by atoms with E-state index in [-0.39, 0.29) is 18.6 Å². The van der Waals surface area contributed by atoms with Crippen LogP contribution in [0.25, 0.3) is 0 Å². The highest BCUT2D eigenvalue weighted by atomic mass is 16.4. The third-order valence-corrected chi connectivity index (χ3v) is 3.63. The van der Waals surface area contributed by atoms with Gasteiger partial charge in [-0.25, -0.2) is 4.79 Å². The van der Waals surface area contributed by atoms with Gasteiger partial charge in [0.2, 0.25) is 0 Å². The highest BCUT2D eigenvalue weighted by Gasteiger charge is 2.27. The van der Waals surface area contributed by atoms with Crippen LogP contribution in [0.1, 0.15) is 32.8 Å². The molecule has 0 saturated carbocycles. The Morgan fingerprint density at radius 2 is 1.86 bits per heavy atom. The first-order valence-corrected chi connectivity index (χ1v) is 7.27. The third-order valence-electron chi connectivity index (χ3n) is 3.63.